The molecule has 0 saturated heterocycles. The van der Waals surface area contributed by atoms with Crippen LogP contribution in [0.15, 0.2) is 24.3 Å². The summed E-state index contributed by atoms with van der Waals surface area (Å²) < 4.78 is 5.46. The van der Waals surface area contributed by atoms with E-state index in [0.717, 1.165) is 57.8 Å². The topological polar surface area (TPSA) is 95.9 Å². The highest BCUT2D eigenvalue weighted by Crippen LogP contribution is 2.17. The molecule has 0 aliphatic heterocycles. The molecule has 390 valence electrons. The lowest BCUT2D eigenvalue weighted by Crippen LogP contribution is -2.45. The van der Waals surface area contributed by atoms with Gasteiger partial charge < -0.3 is 20.3 Å². The number of unbranched alkanes of at least 4 members (excludes halogenated alkanes) is 42. The Labute approximate surface area is 411 Å². The Morgan fingerprint density at radius 2 is 0.712 bits per heavy atom. The first-order valence-electron chi connectivity index (χ1n) is 29.6. The minimum Gasteiger partial charge on any atom is -0.466 e. The molecular weight excluding hydrogens is 815 g/mol. The van der Waals surface area contributed by atoms with Crippen molar-refractivity contribution in [3.05, 3.63) is 24.3 Å². The van der Waals surface area contributed by atoms with Gasteiger partial charge in [-0.05, 0) is 57.8 Å². The fourth-order valence-electron chi connectivity index (χ4n) is 9.16. The lowest BCUT2D eigenvalue weighted by atomic mass is 10.0. The fourth-order valence-corrected chi connectivity index (χ4v) is 9.16. The molecule has 0 aromatic carbocycles. The predicted octanol–water partition coefficient (Wildman–Crippen LogP) is 18.2. The summed E-state index contributed by atoms with van der Waals surface area (Å²) in [6.07, 6.45) is 67.7. The number of nitrogens with one attached hydrogen (secondary N) is 1. The second-order valence-corrected chi connectivity index (χ2v) is 20.3. The fraction of sp³-hybridized carbons (Fsp3) is 0.900. The highest BCUT2D eigenvalue weighted by Gasteiger charge is 2.18. The van der Waals surface area contributed by atoms with Crippen LogP contribution in [0.3, 0.4) is 0 Å². The number of esters is 1. The Kier molecular flexibility index (Phi) is 54.5. The number of allylic oxidation sites excluding steroid dienone is 3. The Hall–Kier alpha value is -1.66. The number of ether oxygens (including phenoxy) is 1. The minimum atomic E-state index is -0.863. The Bertz CT molecular complexity index is 1030. The van der Waals surface area contributed by atoms with E-state index in [4.69, 9.17) is 4.74 Å². The second kappa shape index (κ2) is 55.9. The van der Waals surface area contributed by atoms with Gasteiger partial charge in [0.05, 0.1) is 25.4 Å². The molecule has 6 nitrogen and oxygen atoms in total. The van der Waals surface area contributed by atoms with Crippen molar-refractivity contribution in [3.63, 3.8) is 0 Å². The molecule has 0 aromatic rings. The molecule has 0 saturated carbocycles. The number of carbonyl (C=O) groups excluding carboxylic acids is 2. The van der Waals surface area contributed by atoms with Gasteiger partial charge in [0.2, 0.25) is 5.91 Å². The Morgan fingerprint density at radius 1 is 0.409 bits per heavy atom. The molecule has 2 atom stereocenters. The number of hydrogen-bond donors (Lipinski definition) is 3. The summed E-state index contributed by atoms with van der Waals surface area (Å²) in [6, 6.07) is -0.649. The van der Waals surface area contributed by atoms with Gasteiger partial charge in [0.15, 0.2) is 0 Å². The third kappa shape index (κ3) is 51.7. The summed E-state index contributed by atoms with van der Waals surface area (Å²) in [5.41, 5.74) is 0. The van der Waals surface area contributed by atoms with Gasteiger partial charge in [0.25, 0.3) is 0 Å². The zero-order valence-electron chi connectivity index (χ0n) is 44.4. The van der Waals surface area contributed by atoms with Gasteiger partial charge >= 0.3 is 5.97 Å². The molecule has 0 heterocycles. The normalized spacial score (nSPS) is 12.7. The number of aliphatic hydroxyl groups is 2. The molecule has 0 radical (unpaired) electrons. The van der Waals surface area contributed by atoms with Gasteiger partial charge in [-0.2, -0.15) is 0 Å². The molecule has 0 fully saturated rings. The van der Waals surface area contributed by atoms with Crippen LogP contribution in [0.5, 0.6) is 0 Å². The molecule has 0 rings (SSSR count). The van der Waals surface area contributed by atoms with Crippen molar-refractivity contribution in [3.8, 4) is 0 Å². The minimum absolute atomic E-state index is 0.0297. The molecule has 0 spiro atoms. The average Bonchev–Trinajstić information content (AvgIpc) is 3.32. The lowest BCUT2D eigenvalue weighted by Gasteiger charge is -2.20. The lowest BCUT2D eigenvalue weighted by molar-refractivity contribution is -0.143. The maximum atomic E-state index is 12.5. The van der Waals surface area contributed by atoms with E-state index in [-0.39, 0.29) is 18.5 Å². The summed E-state index contributed by atoms with van der Waals surface area (Å²) in [5.74, 6) is -0.122. The number of carbonyl (C=O) groups is 2. The molecule has 3 N–H and O–H groups in total. The first-order valence-corrected chi connectivity index (χ1v) is 29.6. The average molecular weight is 931 g/mol. The van der Waals surface area contributed by atoms with Crippen LogP contribution < -0.4 is 5.32 Å². The second-order valence-electron chi connectivity index (χ2n) is 20.3. The van der Waals surface area contributed by atoms with Gasteiger partial charge in [-0.1, -0.05) is 276 Å². The number of aliphatic hydroxyl groups excluding tert-OH is 2. The number of rotatable bonds is 55. The highest BCUT2D eigenvalue weighted by molar-refractivity contribution is 5.76. The van der Waals surface area contributed by atoms with Gasteiger partial charge in [0.1, 0.15) is 0 Å². The Balaban J connectivity index is 3.50. The van der Waals surface area contributed by atoms with Gasteiger partial charge in [-0.3, -0.25) is 9.59 Å². The smallest absolute Gasteiger partial charge is 0.305 e. The van der Waals surface area contributed by atoms with E-state index in [1.165, 1.54) is 238 Å². The zero-order valence-corrected chi connectivity index (χ0v) is 44.4. The van der Waals surface area contributed by atoms with E-state index < -0.39 is 12.1 Å². The van der Waals surface area contributed by atoms with Crippen LogP contribution in [0.1, 0.15) is 322 Å². The van der Waals surface area contributed by atoms with Gasteiger partial charge in [0, 0.05) is 12.8 Å². The summed E-state index contributed by atoms with van der Waals surface area (Å²) in [4.78, 5) is 24.6. The maximum absolute atomic E-state index is 12.5. The maximum Gasteiger partial charge on any atom is 0.305 e. The summed E-state index contributed by atoms with van der Waals surface area (Å²) >= 11 is 0. The van der Waals surface area contributed by atoms with E-state index >= 15 is 0 Å². The van der Waals surface area contributed by atoms with Crippen molar-refractivity contribution < 1.29 is 24.5 Å². The standard InChI is InChI=1S/C60H115NO5/c1-3-5-7-9-11-13-15-17-19-21-22-23-24-25-26-28-29-31-33-36-40-44-48-52-58(63)57(56-62)61-59(64)53-49-45-41-37-35-39-43-47-51-55-66-60(65)54-50-46-42-38-34-32-30-27-20-18-16-14-12-10-8-6-4-2/h18,20,48,52,57-58,62-63H,3-17,19,21-47,49-51,53-56H2,1-2H3,(H,61,64)/b20-18-,52-48+. The predicted molar refractivity (Wildman–Crippen MR) is 287 cm³/mol. The summed E-state index contributed by atoms with van der Waals surface area (Å²) in [6.45, 7) is 4.85. The first-order chi connectivity index (χ1) is 32.5. The monoisotopic (exact) mass is 930 g/mol. The third-order valence-electron chi connectivity index (χ3n) is 13.7. The summed E-state index contributed by atoms with van der Waals surface area (Å²) in [5, 5.41) is 23.2. The quantitative estimate of drug-likeness (QED) is 0.0321. The molecule has 0 aliphatic carbocycles. The molecule has 0 bridgehead atoms. The molecule has 66 heavy (non-hydrogen) atoms. The van der Waals surface area contributed by atoms with Crippen LogP contribution >= 0.6 is 0 Å². The molecular formula is C60H115NO5. The molecule has 0 aliphatic rings. The zero-order chi connectivity index (χ0) is 47.9. The molecule has 6 heteroatoms. The molecule has 1 amide bonds. The number of hydrogen-bond acceptors (Lipinski definition) is 5. The SMILES string of the molecule is CCCCCCCC/C=C\CCCCCCCCCC(=O)OCCCCCCCCCCCC(=O)NC(CO)C(O)/C=C/CCCCCCCCCCCCCCCCCCCCCCC. The van der Waals surface area contributed by atoms with Crippen molar-refractivity contribution in [1.29, 1.82) is 0 Å². The van der Waals surface area contributed by atoms with E-state index in [9.17, 15) is 19.8 Å². The van der Waals surface area contributed by atoms with Crippen LogP contribution in [0.2, 0.25) is 0 Å². The van der Waals surface area contributed by atoms with E-state index in [1.807, 2.05) is 6.08 Å². The largest absolute Gasteiger partial charge is 0.466 e. The van der Waals surface area contributed by atoms with Crippen molar-refractivity contribution in [2.75, 3.05) is 13.2 Å². The van der Waals surface area contributed by atoms with E-state index in [1.54, 1.807) is 6.08 Å². The highest BCUT2D eigenvalue weighted by atomic mass is 16.5. The van der Waals surface area contributed by atoms with Crippen molar-refractivity contribution in [1.82, 2.24) is 5.32 Å². The van der Waals surface area contributed by atoms with Crippen molar-refractivity contribution >= 4 is 11.9 Å². The van der Waals surface area contributed by atoms with Gasteiger partial charge in [-0.15, -0.1) is 0 Å². The van der Waals surface area contributed by atoms with Crippen LogP contribution in [-0.2, 0) is 14.3 Å². The first kappa shape index (κ1) is 64.3. The number of amides is 1. The van der Waals surface area contributed by atoms with Crippen molar-refractivity contribution in [2.45, 2.75) is 334 Å². The van der Waals surface area contributed by atoms with Crippen molar-refractivity contribution in [2.24, 2.45) is 0 Å². The van der Waals surface area contributed by atoms with Crippen LogP contribution in [0.25, 0.3) is 0 Å². The summed E-state index contributed by atoms with van der Waals surface area (Å²) in [7, 11) is 0. The molecule has 0 aromatic heterocycles. The van der Waals surface area contributed by atoms with E-state index in [0.29, 0.717) is 19.4 Å². The Morgan fingerprint density at radius 3 is 1.08 bits per heavy atom. The van der Waals surface area contributed by atoms with Gasteiger partial charge in [-0.25, -0.2) is 0 Å². The van der Waals surface area contributed by atoms with Crippen LogP contribution in [-0.4, -0.2) is 47.4 Å². The molecule has 2 unspecified atom stereocenters. The van der Waals surface area contributed by atoms with E-state index in [2.05, 4.69) is 31.3 Å². The van der Waals surface area contributed by atoms with Crippen LogP contribution in [0.4, 0.5) is 0 Å². The third-order valence-corrected chi connectivity index (χ3v) is 13.7. The van der Waals surface area contributed by atoms with Crippen LogP contribution in [0, 0.1) is 0 Å².